The van der Waals surface area contributed by atoms with Crippen molar-refractivity contribution in [3.8, 4) is 0 Å². The molecule has 1 aliphatic carbocycles. The van der Waals surface area contributed by atoms with Crippen LogP contribution in [0.3, 0.4) is 0 Å². The third-order valence-electron chi connectivity index (χ3n) is 3.05. The summed E-state index contributed by atoms with van der Waals surface area (Å²) in [5.41, 5.74) is 0.175. The van der Waals surface area contributed by atoms with E-state index < -0.39 is 0 Å². The average Bonchev–Trinajstić information content (AvgIpc) is 2.50. The molecule has 0 aromatic heterocycles. The van der Waals surface area contributed by atoms with Gasteiger partial charge >= 0.3 is 0 Å². The number of allylic oxidation sites excluding steroid dienone is 1. The molecule has 2 heteroatoms. The second kappa shape index (κ2) is 3.35. The van der Waals surface area contributed by atoms with E-state index in [4.69, 9.17) is 9.47 Å². The topological polar surface area (TPSA) is 18.5 Å². The van der Waals surface area contributed by atoms with Crippen molar-refractivity contribution < 1.29 is 9.47 Å². The number of hydrogen-bond acceptors (Lipinski definition) is 2. The molecule has 1 aliphatic heterocycles. The molecule has 2 aliphatic rings. The van der Waals surface area contributed by atoms with Gasteiger partial charge in [0.25, 0.3) is 0 Å². The van der Waals surface area contributed by atoms with E-state index in [2.05, 4.69) is 32.9 Å². The molecule has 80 valence electrons. The minimum Gasteiger partial charge on any atom is -0.344 e. The lowest BCUT2D eigenvalue weighted by molar-refractivity contribution is -0.148. The molecule has 0 saturated carbocycles. The van der Waals surface area contributed by atoms with Crippen molar-refractivity contribution in [2.75, 3.05) is 6.61 Å². The molecule has 0 amide bonds. The van der Waals surface area contributed by atoms with Crippen molar-refractivity contribution in [3.05, 3.63) is 12.2 Å². The second-order valence-electron chi connectivity index (χ2n) is 5.39. The number of rotatable bonds is 0. The van der Waals surface area contributed by atoms with E-state index in [0.29, 0.717) is 0 Å². The van der Waals surface area contributed by atoms with Crippen molar-refractivity contribution >= 4 is 0 Å². The van der Waals surface area contributed by atoms with Crippen LogP contribution in [0.1, 0.15) is 40.0 Å². The van der Waals surface area contributed by atoms with E-state index in [-0.39, 0.29) is 17.3 Å². The molecule has 14 heavy (non-hydrogen) atoms. The molecule has 1 heterocycles. The SMILES string of the molecule is CC(C)(C)C1COC2(C=CCCC2)O1. The summed E-state index contributed by atoms with van der Waals surface area (Å²) in [5, 5.41) is 0. The molecule has 2 rings (SSSR count). The quantitative estimate of drug-likeness (QED) is 0.555. The van der Waals surface area contributed by atoms with Gasteiger partial charge in [0.15, 0.2) is 5.79 Å². The first-order chi connectivity index (χ1) is 6.52. The van der Waals surface area contributed by atoms with Crippen LogP contribution >= 0.6 is 0 Å². The van der Waals surface area contributed by atoms with Crippen LogP contribution in [0.4, 0.5) is 0 Å². The Morgan fingerprint density at radius 3 is 2.64 bits per heavy atom. The van der Waals surface area contributed by atoms with Gasteiger partial charge in [-0.3, -0.25) is 0 Å². The summed E-state index contributed by atoms with van der Waals surface area (Å²) in [5.74, 6) is -0.379. The minimum absolute atomic E-state index is 0.175. The van der Waals surface area contributed by atoms with Crippen LogP contribution in [0.15, 0.2) is 12.2 Å². The molecule has 0 bridgehead atoms. The summed E-state index contributed by atoms with van der Waals surface area (Å²) in [6.45, 7) is 7.33. The standard InChI is InChI=1S/C12H20O2/c1-11(2,3)10-9-13-12(14-10)7-5-4-6-8-12/h5,7,10H,4,6,8-9H2,1-3H3. The Labute approximate surface area is 86.3 Å². The van der Waals surface area contributed by atoms with E-state index in [9.17, 15) is 0 Å². The van der Waals surface area contributed by atoms with Gasteiger partial charge in [0.05, 0.1) is 12.7 Å². The van der Waals surface area contributed by atoms with E-state index in [1.807, 2.05) is 0 Å². The van der Waals surface area contributed by atoms with Crippen molar-refractivity contribution in [1.82, 2.24) is 0 Å². The molecule has 0 aromatic carbocycles. The molecule has 1 saturated heterocycles. The number of ether oxygens (including phenoxy) is 2. The fourth-order valence-corrected chi connectivity index (χ4v) is 1.98. The van der Waals surface area contributed by atoms with Crippen molar-refractivity contribution in [1.29, 1.82) is 0 Å². The van der Waals surface area contributed by atoms with Gasteiger partial charge in [-0.1, -0.05) is 26.8 Å². The molecule has 2 atom stereocenters. The van der Waals surface area contributed by atoms with Gasteiger partial charge in [-0.25, -0.2) is 0 Å². The van der Waals surface area contributed by atoms with Crippen molar-refractivity contribution in [2.45, 2.75) is 51.9 Å². The van der Waals surface area contributed by atoms with Crippen molar-refractivity contribution in [2.24, 2.45) is 5.41 Å². The molecule has 2 nitrogen and oxygen atoms in total. The van der Waals surface area contributed by atoms with E-state index in [0.717, 1.165) is 19.4 Å². The van der Waals surface area contributed by atoms with Gasteiger partial charge in [-0.15, -0.1) is 0 Å². The Morgan fingerprint density at radius 2 is 2.14 bits per heavy atom. The minimum atomic E-state index is -0.379. The molecule has 0 N–H and O–H groups in total. The monoisotopic (exact) mass is 196 g/mol. The summed E-state index contributed by atoms with van der Waals surface area (Å²) < 4.78 is 11.9. The predicted octanol–water partition coefficient (Wildman–Crippen LogP) is 2.88. The molecular formula is C12H20O2. The van der Waals surface area contributed by atoms with E-state index in [1.54, 1.807) is 0 Å². The first-order valence-electron chi connectivity index (χ1n) is 5.51. The zero-order chi connectivity index (χ0) is 10.2. The Hall–Kier alpha value is -0.340. The molecule has 2 unspecified atom stereocenters. The summed E-state index contributed by atoms with van der Waals surface area (Å²) in [7, 11) is 0. The van der Waals surface area contributed by atoms with Gasteiger partial charge in [0.1, 0.15) is 0 Å². The summed E-state index contributed by atoms with van der Waals surface area (Å²) >= 11 is 0. The highest BCUT2D eigenvalue weighted by molar-refractivity contribution is 5.04. The summed E-state index contributed by atoms with van der Waals surface area (Å²) in [6.07, 6.45) is 7.85. The van der Waals surface area contributed by atoms with Crippen LogP contribution in [-0.4, -0.2) is 18.5 Å². The maximum atomic E-state index is 6.05. The highest BCUT2D eigenvalue weighted by Crippen LogP contribution is 2.39. The molecule has 0 aromatic rings. The van der Waals surface area contributed by atoms with Crippen LogP contribution in [-0.2, 0) is 9.47 Å². The fourth-order valence-electron chi connectivity index (χ4n) is 1.98. The second-order valence-corrected chi connectivity index (χ2v) is 5.39. The summed E-state index contributed by atoms with van der Waals surface area (Å²) in [4.78, 5) is 0. The largest absolute Gasteiger partial charge is 0.344 e. The molecule has 1 spiro atoms. The molecule has 0 radical (unpaired) electrons. The zero-order valence-electron chi connectivity index (χ0n) is 9.38. The third kappa shape index (κ3) is 1.86. The van der Waals surface area contributed by atoms with Gasteiger partial charge in [0, 0.05) is 6.42 Å². The van der Waals surface area contributed by atoms with Gasteiger partial charge in [0.2, 0.25) is 0 Å². The Kier molecular flexibility index (Phi) is 2.44. The summed E-state index contributed by atoms with van der Waals surface area (Å²) in [6, 6.07) is 0. The van der Waals surface area contributed by atoms with Crippen LogP contribution < -0.4 is 0 Å². The number of hydrogen-bond donors (Lipinski definition) is 0. The Morgan fingerprint density at radius 1 is 1.36 bits per heavy atom. The maximum Gasteiger partial charge on any atom is 0.188 e. The highest BCUT2D eigenvalue weighted by atomic mass is 16.7. The van der Waals surface area contributed by atoms with Crippen LogP contribution in [0.25, 0.3) is 0 Å². The molecular weight excluding hydrogens is 176 g/mol. The zero-order valence-corrected chi connectivity index (χ0v) is 9.38. The van der Waals surface area contributed by atoms with Crippen LogP contribution in [0.2, 0.25) is 0 Å². The maximum absolute atomic E-state index is 6.05. The highest BCUT2D eigenvalue weighted by Gasteiger charge is 2.44. The smallest absolute Gasteiger partial charge is 0.188 e. The lowest BCUT2D eigenvalue weighted by Gasteiger charge is -2.30. The van der Waals surface area contributed by atoms with Crippen molar-refractivity contribution in [3.63, 3.8) is 0 Å². The van der Waals surface area contributed by atoms with Gasteiger partial charge < -0.3 is 9.47 Å². The first-order valence-corrected chi connectivity index (χ1v) is 5.51. The van der Waals surface area contributed by atoms with E-state index >= 15 is 0 Å². The fraction of sp³-hybridized carbons (Fsp3) is 0.833. The lowest BCUT2D eigenvalue weighted by Crippen LogP contribution is -2.34. The van der Waals surface area contributed by atoms with Crippen LogP contribution in [0.5, 0.6) is 0 Å². The third-order valence-corrected chi connectivity index (χ3v) is 3.05. The first kappa shape index (κ1) is 10.2. The Bertz CT molecular complexity index is 239. The Balaban J connectivity index is 2.06. The van der Waals surface area contributed by atoms with Gasteiger partial charge in [-0.05, 0) is 24.3 Å². The molecule has 1 fully saturated rings. The normalized spacial score (nSPS) is 38.1. The van der Waals surface area contributed by atoms with Gasteiger partial charge in [-0.2, -0.15) is 0 Å². The lowest BCUT2D eigenvalue weighted by atomic mass is 9.89. The predicted molar refractivity (Wildman–Crippen MR) is 56.0 cm³/mol. The van der Waals surface area contributed by atoms with Crippen LogP contribution in [0, 0.1) is 5.41 Å². The van der Waals surface area contributed by atoms with E-state index in [1.165, 1.54) is 6.42 Å². The average molecular weight is 196 g/mol.